The SMILES string of the molecule is C=CN=C(C)C1=C(C)CCC(c2ccc(CO)nc2)=C1. The molecule has 1 aromatic heterocycles. The zero-order valence-electron chi connectivity index (χ0n) is 12.1. The molecular weight excluding hydrogens is 248 g/mol. The number of allylic oxidation sites excluding steroid dienone is 4. The predicted octanol–water partition coefficient (Wildman–Crippen LogP) is 3.67. The van der Waals surface area contributed by atoms with Gasteiger partial charge < -0.3 is 5.11 Å². The van der Waals surface area contributed by atoms with Crippen LogP contribution in [0.25, 0.3) is 5.57 Å². The molecule has 1 N–H and O–H groups in total. The molecule has 0 unspecified atom stereocenters. The van der Waals surface area contributed by atoms with Gasteiger partial charge in [-0.3, -0.25) is 9.98 Å². The number of nitrogens with zero attached hydrogens (tertiary/aromatic N) is 2. The maximum atomic E-state index is 9.04. The molecule has 0 aliphatic heterocycles. The quantitative estimate of drug-likeness (QED) is 0.847. The number of aliphatic hydroxyl groups is 1. The molecule has 1 aliphatic carbocycles. The summed E-state index contributed by atoms with van der Waals surface area (Å²) in [6.45, 7) is 7.79. The third-order valence-corrected chi connectivity index (χ3v) is 3.58. The summed E-state index contributed by atoms with van der Waals surface area (Å²) >= 11 is 0. The summed E-state index contributed by atoms with van der Waals surface area (Å²) in [5.74, 6) is 0. The molecule has 1 aromatic rings. The molecule has 1 heterocycles. The number of aromatic nitrogens is 1. The Morgan fingerprint density at radius 3 is 2.85 bits per heavy atom. The third-order valence-electron chi connectivity index (χ3n) is 3.58. The van der Waals surface area contributed by atoms with E-state index in [1.54, 1.807) is 6.20 Å². The van der Waals surface area contributed by atoms with Gasteiger partial charge >= 0.3 is 0 Å². The van der Waals surface area contributed by atoms with E-state index < -0.39 is 0 Å². The minimum absolute atomic E-state index is 0.0192. The number of hydrogen-bond acceptors (Lipinski definition) is 3. The van der Waals surface area contributed by atoms with Gasteiger partial charge in [0.25, 0.3) is 0 Å². The van der Waals surface area contributed by atoms with Gasteiger partial charge in [0.2, 0.25) is 0 Å². The van der Waals surface area contributed by atoms with E-state index in [1.807, 2.05) is 25.3 Å². The molecule has 0 fully saturated rings. The van der Waals surface area contributed by atoms with Crippen LogP contribution in [0.1, 0.15) is 37.9 Å². The highest BCUT2D eigenvalue weighted by Gasteiger charge is 2.14. The van der Waals surface area contributed by atoms with Gasteiger partial charge in [0.1, 0.15) is 0 Å². The molecule has 0 amide bonds. The molecule has 2 rings (SSSR count). The maximum absolute atomic E-state index is 9.04. The lowest BCUT2D eigenvalue weighted by atomic mass is 9.88. The zero-order valence-corrected chi connectivity index (χ0v) is 12.1. The number of aliphatic hydroxyl groups excluding tert-OH is 1. The van der Waals surface area contributed by atoms with Gasteiger partial charge in [-0.15, -0.1) is 0 Å². The van der Waals surface area contributed by atoms with Crippen LogP contribution >= 0.6 is 0 Å². The van der Waals surface area contributed by atoms with Crippen molar-refractivity contribution in [2.24, 2.45) is 4.99 Å². The standard InChI is InChI=1S/C17H20N2O/c1-4-18-13(3)17-9-14(6-5-12(17)2)15-7-8-16(11-20)19-10-15/h4,7-10,20H,1,5-6,11H2,2-3H3. The van der Waals surface area contributed by atoms with Gasteiger partial charge in [0.15, 0.2) is 0 Å². The Hall–Kier alpha value is -2.00. The van der Waals surface area contributed by atoms with Gasteiger partial charge in [-0.1, -0.05) is 18.2 Å². The average Bonchev–Trinajstić information content (AvgIpc) is 2.48. The number of hydrogen-bond donors (Lipinski definition) is 1. The second-order valence-corrected chi connectivity index (χ2v) is 4.96. The van der Waals surface area contributed by atoms with Crippen LogP contribution in [0, 0.1) is 0 Å². The van der Waals surface area contributed by atoms with Gasteiger partial charge in [-0.05, 0) is 55.5 Å². The van der Waals surface area contributed by atoms with Gasteiger partial charge in [0.05, 0.1) is 12.3 Å². The van der Waals surface area contributed by atoms with Crippen molar-refractivity contribution in [3.05, 3.63) is 59.6 Å². The summed E-state index contributed by atoms with van der Waals surface area (Å²) in [7, 11) is 0. The van der Waals surface area contributed by atoms with Gasteiger partial charge in [0, 0.05) is 18.1 Å². The smallest absolute Gasteiger partial charge is 0.0852 e. The Labute approximate surface area is 120 Å². The van der Waals surface area contributed by atoms with Gasteiger partial charge in [-0.2, -0.15) is 0 Å². The van der Waals surface area contributed by atoms with Crippen molar-refractivity contribution in [1.29, 1.82) is 0 Å². The van der Waals surface area contributed by atoms with Crippen molar-refractivity contribution >= 4 is 11.3 Å². The molecule has 0 atom stereocenters. The molecule has 1 aliphatic rings. The van der Waals surface area contributed by atoms with Crippen LogP contribution in [0.5, 0.6) is 0 Å². The average molecular weight is 268 g/mol. The Morgan fingerprint density at radius 2 is 2.25 bits per heavy atom. The van der Waals surface area contributed by atoms with Crippen LogP contribution < -0.4 is 0 Å². The summed E-state index contributed by atoms with van der Waals surface area (Å²) < 4.78 is 0. The monoisotopic (exact) mass is 268 g/mol. The van der Waals surface area contributed by atoms with Crippen molar-refractivity contribution in [3.8, 4) is 0 Å². The van der Waals surface area contributed by atoms with Crippen LogP contribution in [0.2, 0.25) is 0 Å². The second-order valence-electron chi connectivity index (χ2n) is 4.96. The van der Waals surface area contributed by atoms with Crippen molar-refractivity contribution in [1.82, 2.24) is 4.98 Å². The summed E-state index contributed by atoms with van der Waals surface area (Å²) in [6, 6.07) is 3.88. The van der Waals surface area contributed by atoms with Crippen LogP contribution in [0.4, 0.5) is 0 Å². The lowest BCUT2D eigenvalue weighted by molar-refractivity contribution is 0.277. The van der Waals surface area contributed by atoms with E-state index in [0.717, 1.165) is 24.1 Å². The second kappa shape index (κ2) is 6.44. The number of aliphatic imine (C=N–C) groups is 1. The van der Waals surface area contributed by atoms with E-state index in [9.17, 15) is 0 Å². The van der Waals surface area contributed by atoms with Crippen molar-refractivity contribution in [2.45, 2.75) is 33.3 Å². The summed E-state index contributed by atoms with van der Waals surface area (Å²) in [5, 5.41) is 9.04. The lowest BCUT2D eigenvalue weighted by Gasteiger charge is -2.18. The van der Waals surface area contributed by atoms with Crippen LogP contribution in [-0.2, 0) is 6.61 Å². The first kappa shape index (κ1) is 14.4. The molecule has 20 heavy (non-hydrogen) atoms. The van der Waals surface area contributed by atoms with Gasteiger partial charge in [-0.25, -0.2) is 0 Å². The van der Waals surface area contributed by atoms with E-state index in [4.69, 9.17) is 5.11 Å². The highest BCUT2D eigenvalue weighted by atomic mass is 16.3. The predicted molar refractivity (Wildman–Crippen MR) is 83.4 cm³/mol. The molecule has 0 saturated carbocycles. The van der Waals surface area contributed by atoms with E-state index in [-0.39, 0.29) is 6.61 Å². The Morgan fingerprint density at radius 1 is 1.45 bits per heavy atom. The summed E-state index contributed by atoms with van der Waals surface area (Å²) in [4.78, 5) is 8.53. The molecule has 3 nitrogen and oxygen atoms in total. The molecule has 0 aromatic carbocycles. The van der Waals surface area contributed by atoms with Crippen molar-refractivity contribution in [2.75, 3.05) is 0 Å². The molecule has 3 heteroatoms. The first-order chi connectivity index (χ1) is 9.65. The Kier molecular flexibility index (Phi) is 4.64. The summed E-state index contributed by atoms with van der Waals surface area (Å²) in [5.41, 5.74) is 6.62. The molecule has 0 saturated heterocycles. The van der Waals surface area contributed by atoms with Crippen LogP contribution in [0.15, 0.2) is 53.3 Å². The largest absolute Gasteiger partial charge is 0.390 e. The molecule has 104 valence electrons. The van der Waals surface area contributed by atoms with E-state index in [0.29, 0.717) is 5.69 Å². The van der Waals surface area contributed by atoms with Crippen LogP contribution in [0.3, 0.4) is 0 Å². The van der Waals surface area contributed by atoms with Crippen molar-refractivity contribution in [3.63, 3.8) is 0 Å². The molecule has 0 radical (unpaired) electrons. The first-order valence-corrected chi connectivity index (χ1v) is 6.78. The fourth-order valence-corrected chi connectivity index (χ4v) is 2.38. The lowest BCUT2D eigenvalue weighted by Crippen LogP contribution is -2.04. The molecule has 0 spiro atoms. The minimum atomic E-state index is -0.0192. The Balaban J connectivity index is 2.35. The topological polar surface area (TPSA) is 45.5 Å². The maximum Gasteiger partial charge on any atom is 0.0852 e. The molecular formula is C17H20N2O. The number of pyridine rings is 1. The Bertz CT molecular complexity index is 592. The fourth-order valence-electron chi connectivity index (χ4n) is 2.38. The van der Waals surface area contributed by atoms with Crippen molar-refractivity contribution < 1.29 is 5.11 Å². The van der Waals surface area contributed by atoms with Crippen LogP contribution in [-0.4, -0.2) is 15.8 Å². The minimum Gasteiger partial charge on any atom is -0.390 e. The highest BCUT2D eigenvalue weighted by Crippen LogP contribution is 2.30. The van der Waals surface area contributed by atoms with E-state index in [1.165, 1.54) is 16.7 Å². The summed E-state index contributed by atoms with van der Waals surface area (Å²) in [6.07, 6.45) is 7.64. The number of rotatable bonds is 4. The fraction of sp³-hybridized carbons (Fsp3) is 0.294. The van der Waals surface area contributed by atoms with E-state index >= 15 is 0 Å². The van der Waals surface area contributed by atoms with E-state index in [2.05, 4.69) is 29.6 Å². The zero-order chi connectivity index (χ0) is 14.5. The molecule has 0 bridgehead atoms. The first-order valence-electron chi connectivity index (χ1n) is 6.78. The highest BCUT2D eigenvalue weighted by molar-refractivity contribution is 6.03. The normalized spacial score (nSPS) is 16.1. The third kappa shape index (κ3) is 3.11.